The Morgan fingerprint density at radius 1 is 0.677 bits per heavy atom. The quantitative estimate of drug-likeness (QED) is 0.106. The number of carbonyl (C=O) groups is 2. The van der Waals surface area contributed by atoms with Gasteiger partial charge in [0.25, 0.3) is 0 Å². The molecule has 2 aromatic carbocycles. The topological polar surface area (TPSA) is 159 Å². The molecule has 8 aromatic rings. The van der Waals surface area contributed by atoms with Crippen LogP contribution in [0, 0.1) is 16.8 Å². The molecule has 0 saturated heterocycles. The summed E-state index contributed by atoms with van der Waals surface area (Å²) >= 11 is 6.92. The zero-order valence-corrected chi connectivity index (χ0v) is 39.2. The largest absolute Gasteiger partial charge is 0.619 e. The molecule has 0 spiro atoms. The second-order valence-electron chi connectivity index (χ2n) is 16.5. The molecule has 2 amide bonds. The molecule has 0 radical (unpaired) electrons. The molecule has 0 saturated carbocycles. The first-order chi connectivity index (χ1) is 30.8. The van der Waals surface area contributed by atoms with Crippen molar-refractivity contribution in [3.63, 3.8) is 0 Å². The lowest BCUT2D eigenvalue weighted by atomic mass is 10.1. The molecule has 6 heterocycles. The number of hydrogen-bond donors (Lipinski definition) is 0. The number of carbonyl (C=O) groups excluding carboxylic acids is 2. The summed E-state index contributed by atoms with van der Waals surface area (Å²) < 4.78 is 43.3. The number of rotatable bonds is 8. The van der Waals surface area contributed by atoms with E-state index < -0.39 is 23.4 Å². The molecular formula is C46H42Br2F2N10O5. The number of anilines is 2. The smallest absolute Gasteiger partial charge is 0.416 e. The minimum Gasteiger partial charge on any atom is -0.619 e. The van der Waals surface area contributed by atoms with Gasteiger partial charge in [-0.25, -0.2) is 28.3 Å². The monoisotopic (exact) mass is 1010 g/mol. The highest BCUT2D eigenvalue weighted by molar-refractivity contribution is 9.11. The summed E-state index contributed by atoms with van der Waals surface area (Å²) in [7, 11) is 0. The molecule has 0 aliphatic heterocycles. The average Bonchev–Trinajstić information content (AvgIpc) is 3.82. The van der Waals surface area contributed by atoms with E-state index in [2.05, 4.69) is 57.0 Å². The second-order valence-corrected chi connectivity index (χ2v) is 18.2. The van der Waals surface area contributed by atoms with Gasteiger partial charge in [0.15, 0.2) is 23.7 Å². The predicted molar refractivity (Wildman–Crippen MR) is 247 cm³/mol. The van der Waals surface area contributed by atoms with Crippen LogP contribution in [-0.2, 0) is 22.6 Å². The lowest BCUT2D eigenvalue weighted by Crippen LogP contribution is -2.38. The summed E-state index contributed by atoms with van der Waals surface area (Å²) in [5, 5.41) is 20.6. The van der Waals surface area contributed by atoms with Gasteiger partial charge >= 0.3 is 12.2 Å². The van der Waals surface area contributed by atoms with Crippen molar-refractivity contribution < 1.29 is 32.6 Å². The third-order valence-corrected chi connectivity index (χ3v) is 10.2. The summed E-state index contributed by atoms with van der Waals surface area (Å²) in [5.74, 6) is 0.127. The Balaban J connectivity index is 0.000000194. The molecule has 334 valence electrons. The molecule has 0 aliphatic carbocycles. The van der Waals surface area contributed by atoms with Gasteiger partial charge in [0.1, 0.15) is 34.5 Å². The first-order valence-corrected chi connectivity index (χ1v) is 21.6. The number of amides is 2. The van der Waals surface area contributed by atoms with Crippen LogP contribution in [-0.4, -0.2) is 57.6 Å². The third kappa shape index (κ3) is 11.5. The standard InChI is InChI=1S/C23H21BrFN5O3.C23H21BrFN5O2/c1-23(2,3)33-22(31)29(14-15-5-4-10-28(32)13-15)20-11-19(16-6-8-17(25)9-7-16)27-21-18(24)12-26-30(20)21;1-23(2,3)32-22(31)29(14-15-5-4-10-26-12-15)20-11-19(16-6-8-17(25)9-7-16)28-21-18(24)13-27-30(20)21/h4-13H,14H2,1-3H3;4-13H,14H2,1-3H3. The van der Waals surface area contributed by atoms with Gasteiger partial charge in [-0.2, -0.15) is 24.0 Å². The number of nitrogens with zero attached hydrogens (tertiary/aromatic N) is 10. The van der Waals surface area contributed by atoms with Crippen molar-refractivity contribution in [3.05, 3.63) is 159 Å². The Morgan fingerprint density at radius 3 is 1.54 bits per heavy atom. The highest BCUT2D eigenvalue weighted by atomic mass is 79.9. The number of hydrogen-bond acceptors (Lipinski definition) is 10. The molecule has 0 N–H and O–H groups in total. The van der Waals surface area contributed by atoms with Gasteiger partial charge in [-0.05, 0) is 140 Å². The number of aromatic nitrogens is 8. The van der Waals surface area contributed by atoms with Gasteiger partial charge in [-0.15, -0.1) is 0 Å². The minimum absolute atomic E-state index is 0.0530. The average molecular weight is 1010 g/mol. The van der Waals surface area contributed by atoms with Crippen LogP contribution in [0.4, 0.5) is 30.0 Å². The molecule has 0 bridgehead atoms. The van der Waals surface area contributed by atoms with Gasteiger partial charge in [0.05, 0.1) is 45.8 Å². The summed E-state index contributed by atoms with van der Waals surface area (Å²) in [6.07, 6.45) is 8.13. The molecule has 8 rings (SSSR count). The van der Waals surface area contributed by atoms with Crippen LogP contribution in [0.1, 0.15) is 52.7 Å². The number of ether oxygens (including phenoxy) is 2. The van der Waals surface area contributed by atoms with Crippen LogP contribution in [0.2, 0.25) is 0 Å². The highest BCUT2D eigenvalue weighted by Crippen LogP contribution is 2.32. The first-order valence-electron chi connectivity index (χ1n) is 20.0. The summed E-state index contributed by atoms with van der Waals surface area (Å²) in [4.78, 5) is 42.9. The molecule has 0 unspecified atom stereocenters. The van der Waals surface area contributed by atoms with E-state index >= 15 is 0 Å². The van der Waals surface area contributed by atoms with Crippen LogP contribution in [0.5, 0.6) is 0 Å². The van der Waals surface area contributed by atoms with Gasteiger partial charge in [-0.3, -0.25) is 14.8 Å². The Morgan fingerprint density at radius 2 is 1.12 bits per heavy atom. The van der Waals surface area contributed by atoms with E-state index in [1.54, 1.807) is 105 Å². The Bertz CT molecular complexity index is 2980. The molecule has 65 heavy (non-hydrogen) atoms. The van der Waals surface area contributed by atoms with Crippen LogP contribution in [0.3, 0.4) is 0 Å². The predicted octanol–water partition coefficient (Wildman–Crippen LogP) is 10.5. The lowest BCUT2D eigenvalue weighted by Gasteiger charge is -2.28. The summed E-state index contributed by atoms with van der Waals surface area (Å²) in [6.45, 7) is 11.0. The fourth-order valence-corrected chi connectivity index (χ4v) is 7.02. The van der Waals surface area contributed by atoms with Crippen molar-refractivity contribution in [1.82, 2.24) is 34.2 Å². The maximum atomic E-state index is 13.5. The molecule has 6 aromatic heterocycles. The van der Waals surface area contributed by atoms with E-state index in [1.807, 2.05) is 26.8 Å². The number of benzene rings is 2. The highest BCUT2D eigenvalue weighted by Gasteiger charge is 2.29. The van der Waals surface area contributed by atoms with Crippen molar-refractivity contribution >= 4 is 67.0 Å². The Kier molecular flexibility index (Phi) is 13.5. The van der Waals surface area contributed by atoms with Gasteiger partial charge < -0.3 is 14.7 Å². The maximum absolute atomic E-state index is 13.5. The minimum atomic E-state index is -0.749. The van der Waals surface area contributed by atoms with Crippen molar-refractivity contribution in [1.29, 1.82) is 0 Å². The van der Waals surface area contributed by atoms with Crippen molar-refractivity contribution in [2.75, 3.05) is 9.80 Å². The zero-order chi connectivity index (χ0) is 46.6. The fraction of sp³-hybridized carbons (Fsp3) is 0.217. The number of halogens is 4. The maximum Gasteiger partial charge on any atom is 0.416 e. The normalized spacial score (nSPS) is 11.5. The van der Waals surface area contributed by atoms with Crippen molar-refractivity contribution in [2.45, 2.75) is 65.8 Å². The molecule has 0 fully saturated rings. The Labute approximate surface area is 389 Å². The van der Waals surface area contributed by atoms with E-state index in [0.29, 0.717) is 64.7 Å². The molecule has 19 heteroatoms. The molecule has 0 aliphatic rings. The second kappa shape index (κ2) is 19.1. The van der Waals surface area contributed by atoms with Gasteiger partial charge in [-0.1, -0.05) is 6.07 Å². The van der Waals surface area contributed by atoms with E-state index in [9.17, 15) is 23.6 Å². The SMILES string of the molecule is CC(C)(C)OC(=O)N(Cc1ccc[n+]([O-])c1)c1cc(-c2ccc(F)cc2)nc2c(Br)cnn12.CC(C)(C)OC(=O)N(Cc1cccnc1)c1cc(-c2ccc(F)cc2)nc2c(Br)cnn12. The van der Waals surface area contributed by atoms with Crippen LogP contribution in [0.25, 0.3) is 33.8 Å². The third-order valence-electron chi connectivity index (χ3n) is 9.12. The van der Waals surface area contributed by atoms with Crippen LogP contribution < -0.4 is 14.5 Å². The van der Waals surface area contributed by atoms with Gasteiger partial charge in [0, 0.05) is 47.3 Å². The van der Waals surface area contributed by atoms with E-state index in [-0.39, 0.29) is 24.7 Å². The summed E-state index contributed by atoms with van der Waals surface area (Å²) in [5.41, 5.74) is 3.39. The summed E-state index contributed by atoms with van der Waals surface area (Å²) in [6, 6.07) is 22.4. The molecule has 0 atom stereocenters. The number of pyridine rings is 2. The first kappa shape index (κ1) is 46.1. The Hall–Kier alpha value is -6.86. The zero-order valence-electron chi connectivity index (χ0n) is 36.0. The molecular weight excluding hydrogens is 970 g/mol. The van der Waals surface area contributed by atoms with E-state index in [0.717, 1.165) is 5.56 Å². The van der Waals surface area contributed by atoms with E-state index in [1.165, 1.54) is 51.0 Å². The number of fused-ring (bicyclic) bond motifs is 2. The molecule has 15 nitrogen and oxygen atoms in total. The van der Waals surface area contributed by atoms with Crippen LogP contribution >= 0.6 is 31.9 Å². The van der Waals surface area contributed by atoms with Crippen LogP contribution in [0.15, 0.2) is 131 Å². The van der Waals surface area contributed by atoms with Gasteiger partial charge in [0.2, 0.25) is 0 Å². The fourth-order valence-electron chi connectivity index (χ4n) is 6.33. The van der Waals surface area contributed by atoms with E-state index in [4.69, 9.17) is 9.47 Å². The van der Waals surface area contributed by atoms with Crippen molar-refractivity contribution in [3.8, 4) is 22.5 Å². The van der Waals surface area contributed by atoms with Crippen molar-refractivity contribution in [2.24, 2.45) is 0 Å². The lowest BCUT2D eigenvalue weighted by molar-refractivity contribution is -0.605.